The first-order chi connectivity index (χ1) is 13.0. The zero-order valence-corrected chi connectivity index (χ0v) is 17.8. The van der Waals surface area contributed by atoms with E-state index < -0.39 is 24.8 Å². The molecule has 0 bridgehead atoms. The predicted molar refractivity (Wildman–Crippen MR) is 107 cm³/mol. The molecule has 0 heterocycles. The summed E-state index contributed by atoms with van der Waals surface area (Å²) in [5.74, 6) is -0.195. The van der Waals surface area contributed by atoms with Gasteiger partial charge in [0.25, 0.3) is 0 Å². The first-order valence-electron chi connectivity index (χ1n) is 8.21. The maximum absolute atomic E-state index is 13.8. The second kappa shape index (κ2) is 9.50. The lowest BCUT2D eigenvalue weighted by Gasteiger charge is -2.19. The van der Waals surface area contributed by atoms with E-state index in [1.807, 2.05) is 6.07 Å². The van der Waals surface area contributed by atoms with E-state index in [0.29, 0.717) is 6.42 Å². The molecule has 0 fully saturated rings. The molecule has 0 saturated carbocycles. The number of hydrogen-bond acceptors (Lipinski definition) is 3. The van der Waals surface area contributed by atoms with E-state index in [-0.39, 0.29) is 10.0 Å². The molecular weight excluding hydrogens is 477 g/mol. The molecule has 152 valence electrons. The van der Waals surface area contributed by atoms with Crippen molar-refractivity contribution in [3.05, 3.63) is 63.6 Å². The highest BCUT2D eigenvalue weighted by molar-refractivity contribution is 9.10. The van der Waals surface area contributed by atoms with Crippen LogP contribution in [0.5, 0.6) is 0 Å². The summed E-state index contributed by atoms with van der Waals surface area (Å²) in [7, 11) is -5.60. The van der Waals surface area contributed by atoms with Gasteiger partial charge >= 0.3 is 19.2 Å². The van der Waals surface area contributed by atoms with Gasteiger partial charge in [-0.25, -0.2) is 4.79 Å². The second-order valence-corrected chi connectivity index (χ2v) is 9.71. The summed E-state index contributed by atoms with van der Waals surface area (Å²) in [4.78, 5) is 29.5. The molecule has 0 aliphatic rings. The van der Waals surface area contributed by atoms with Crippen molar-refractivity contribution in [1.82, 2.24) is 0 Å². The third-order valence-electron chi connectivity index (χ3n) is 3.93. The van der Waals surface area contributed by atoms with Crippen LogP contribution in [0.15, 0.2) is 51.8 Å². The molecular formula is C18H18BrF2O5PS. The Kier molecular flexibility index (Phi) is 7.81. The highest BCUT2D eigenvalue weighted by Crippen LogP contribution is 2.60. The topological polar surface area (TPSA) is 94.8 Å². The zero-order valence-electron chi connectivity index (χ0n) is 14.5. The maximum atomic E-state index is 13.8. The van der Waals surface area contributed by atoms with Gasteiger partial charge in [0, 0.05) is 14.9 Å². The number of rotatable bonds is 9. The minimum absolute atomic E-state index is 0.0433. The van der Waals surface area contributed by atoms with Crippen molar-refractivity contribution in [2.24, 2.45) is 0 Å². The van der Waals surface area contributed by atoms with Crippen molar-refractivity contribution in [3.63, 3.8) is 0 Å². The number of hydrogen-bond donors (Lipinski definition) is 3. The molecule has 2 rings (SSSR count). The monoisotopic (exact) mass is 494 g/mol. The van der Waals surface area contributed by atoms with Gasteiger partial charge in [-0.2, -0.15) is 8.78 Å². The van der Waals surface area contributed by atoms with Crippen molar-refractivity contribution < 1.29 is 33.0 Å². The van der Waals surface area contributed by atoms with Crippen LogP contribution in [0.1, 0.15) is 34.3 Å². The fourth-order valence-electron chi connectivity index (χ4n) is 2.46. The summed E-state index contributed by atoms with van der Waals surface area (Å²) in [6.45, 7) is 0. The van der Waals surface area contributed by atoms with E-state index >= 15 is 0 Å². The van der Waals surface area contributed by atoms with Crippen LogP contribution in [-0.2, 0) is 16.6 Å². The molecule has 0 amide bonds. The Morgan fingerprint density at radius 3 is 2.46 bits per heavy atom. The van der Waals surface area contributed by atoms with Gasteiger partial charge in [0.1, 0.15) is 0 Å². The molecule has 0 spiro atoms. The minimum atomic E-state index is -5.60. The Labute approximate surface area is 173 Å². The minimum Gasteiger partial charge on any atom is -0.478 e. The Balaban J connectivity index is 1.87. The van der Waals surface area contributed by atoms with Crippen molar-refractivity contribution in [2.75, 3.05) is 5.75 Å². The molecule has 2 aromatic rings. The summed E-state index contributed by atoms with van der Waals surface area (Å²) in [6, 6.07) is 10.6. The van der Waals surface area contributed by atoms with Gasteiger partial charge < -0.3 is 14.9 Å². The van der Waals surface area contributed by atoms with Gasteiger partial charge in [0.05, 0.1) is 5.56 Å². The summed E-state index contributed by atoms with van der Waals surface area (Å²) < 4.78 is 38.6. The van der Waals surface area contributed by atoms with Crippen LogP contribution in [0, 0.1) is 0 Å². The first-order valence-corrected chi connectivity index (χ1v) is 11.6. The number of aromatic carboxylic acids is 1. The molecule has 0 unspecified atom stereocenters. The number of aryl methyl sites for hydroxylation is 1. The summed E-state index contributed by atoms with van der Waals surface area (Å²) in [5, 5.41) is 8.98. The Bertz CT molecular complexity index is 903. The average Bonchev–Trinajstić information content (AvgIpc) is 2.60. The lowest BCUT2D eigenvalue weighted by Crippen LogP contribution is -2.14. The Morgan fingerprint density at radius 2 is 1.86 bits per heavy atom. The van der Waals surface area contributed by atoms with Gasteiger partial charge in [-0.3, -0.25) is 4.57 Å². The molecule has 3 N–H and O–H groups in total. The van der Waals surface area contributed by atoms with E-state index in [4.69, 9.17) is 14.9 Å². The lowest BCUT2D eigenvalue weighted by atomic mass is 10.1. The molecule has 10 heteroatoms. The zero-order chi connectivity index (χ0) is 20.9. The van der Waals surface area contributed by atoms with Crippen LogP contribution in [0.25, 0.3) is 0 Å². The number of alkyl halides is 2. The maximum Gasteiger partial charge on any atom is 0.399 e. The quantitative estimate of drug-likeness (QED) is 0.242. The van der Waals surface area contributed by atoms with Crippen LogP contribution < -0.4 is 0 Å². The van der Waals surface area contributed by atoms with Gasteiger partial charge in [-0.1, -0.05) is 34.1 Å². The highest BCUT2D eigenvalue weighted by Gasteiger charge is 2.51. The van der Waals surface area contributed by atoms with Crippen LogP contribution in [0.4, 0.5) is 8.78 Å². The van der Waals surface area contributed by atoms with Gasteiger partial charge in [0.2, 0.25) is 0 Å². The SMILES string of the molecule is O=C(O)c1cccc(SCCCCc2ccc(C(F)(F)P(=O)(O)O)c(Br)c2)c1. The van der Waals surface area contributed by atoms with E-state index in [1.165, 1.54) is 18.2 Å². The number of carboxylic acids is 1. The standard InChI is InChI=1S/C18H18BrF2O5PS/c19-16-10-12(7-8-15(16)18(20,21)27(24,25)26)4-1-2-9-28-14-6-3-5-13(11-14)17(22)23/h3,5-8,10-11H,1-2,4,9H2,(H,22,23)(H2,24,25,26). The Hall–Kier alpha value is -1.25. The highest BCUT2D eigenvalue weighted by atomic mass is 79.9. The second-order valence-electron chi connectivity index (χ2n) is 6.04. The van der Waals surface area contributed by atoms with Crippen LogP contribution in [0.3, 0.4) is 0 Å². The number of thioether (sulfide) groups is 1. The largest absolute Gasteiger partial charge is 0.478 e. The first kappa shape index (κ1) is 23.0. The smallest absolute Gasteiger partial charge is 0.399 e. The number of halogens is 3. The van der Waals surface area contributed by atoms with Gasteiger partial charge in [0.15, 0.2) is 0 Å². The van der Waals surface area contributed by atoms with Crippen LogP contribution in [0.2, 0.25) is 0 Å². The Morgan fingerprint density at radius 1 is 1.14 bits per heavy atom. The third-order valence-corrected chi connectivity index (χ3v) is 6.64. The lowest BCUT2D eigenvalue weighted by molar-refractivity contribution is 0.0557. The number of benzene rings is 2. The van der Waals surface area contributed by atoms with Crippen molar-refractivity contribution in [3.8, 4) is 0 Å². The van der Waals surface area contributed by atoms with Crippen LogP contribution >= 0.6 is 35.3 Å². The molecule has 0 atom stereocenters. The molecule has 5 nitrogen and oxygen atoms in total. The summed E-state index contributed by atoms with van der Waals surface area (Å²) in [6.07, 6.45) is 2.24. The normalized spacial score (nSPS) is 12.2. The van der Waals surface area contributed by atoms with Crippen molar-refractivity contribution in [2.45, 2.75) is 29.8 Å². The predicted octanol–water partition coefficient (Wildman–Crippen LogP) is 5.49. The van der Waals surface area contributed by atoms with E-state index in [1.54, 1.807) is 23.9 Å². The van der Waals surface area contributed by atoms with Gasteiger partial charge in [-0.05, 0) is 54.8 Å². The molecule has 0 aliphatic heterocycles. The van der Waals surface area contributed by atoms with E-state index in [2.05, 4.69) is 15.9 Å². The van der Waals surface area contributed by atoms with E-state index in [9.17, 15) is 18.1 Å². The summed E-state index contributed by atoms with van der Waals surface area (Å²) >= 11 is 4.51. The fraction of sp³-hybridized carbons (Fsp3) is 0.278. The van der Waals surface area contributed by atoms with Crippen molar-refractivity contribution in [1.29, 1.82) is 0 Å². The fourth-order valence-corrected chi connectivity index (χ4v) is 4.76. The molecule has 0 aromatic heterocycles. The average molecular weight is 495 g/mol. The molecule has 2 aromatic carbocycles. The molecule has 0 radical (unpaired) electrons. The van der Waals surface area contributed by atoms with E-state index in [0.717, 1.165) is 35.1 Å². The molecule has 28 heavy (non-hydrogen) atoms. The molecule has 0 aliphatic carbocycles. The number of carbonyl (C=O) groups is 1. The third kappa shape index (κ3) is 5.87. The summed E-state index contributed by atoms with van der Waals surface area (Å²) in [5.41, 5.74) is -3.97. The van der Waals surface area contributed by atoms with Gasteiger partial charge in [-0.15, -0.1) is 11.8 Å². The number of unbranched alkanes of at least 4 members (excludes halogenated alkanes) is 1. The van der Waals surface area contributed by atoms with Crippen LogP contribution in [-0.4, -0.2) is 26.6 Å². The molecule has 0 saturated heterocycles. The number of carboxylic acid groups (broad SMARTS) is 1. The van der Waals surface area contributed by atoms with Crippen molar-refractivity contribution >= 4 is 41.3 Å².